The van der Waals surface area contributed by atoms with Gasteiger partial charge in [0, 0.05) is 19.3 Å². The Balaban J connectivity index is 4.32. The smallest absolute Gasteiger partial charge is 0.306 e. The van der Waals surface area contributed by atoms with Crippen molar-refractivity contribution < 1.29 is 28.6 Å². The number of hydrogen-bond acceptors (Lipinski definition) is 6. The summed E-state index contributed by atoms with van der Waals surface area (Å²) in [5.74, 6) is -0.847. The van der Waals surface area contributed by atoms with E-state index in [0.717, 1.165) is 57.8 Å². The molecule has 6 nitrogen and oxygen atoms in total. The molecule has 1 unspecified atom stereocenters. The van der Waals surface area contributed by atoms with Crippen molar-refractivity contribution in [2.75, 3.05) is 13.2 Å². The van der Waals surface area contributed by atoms with Crippen molar-refractivity contribution in [2.24, 2.45) is 0 Å². The second-order valence-electron chi connectivity index (χ2n) is 19.2. The Bertz CT molecular complexity index is 978. The van der Waals surface area contributed by atoms with E-state index in [-0.39, 0.29) is 31.1 Å². The molecule has 63 heavy (non-hydrogen) atoms. The van der Waals surface area contributed by atoms with Crippen LogP contribution in [-0.2, 0) is 28.6 Å². The normalized spacial score (nSPS) is 12.0. The fourth-order valence-corrected chi connectivity index (χ4v) is 8.50. The summed E-state index contributed by atoms with van der Waals surface area (Å²) >= 11 is 0. The minimum Gasteiger partial charge on any atom is -0.462 e. The van der Waals surface area contributed by atoms with Crippen LogP contribution in [0.2, 0.25) is 0 Å². The molecule has 0 radical (unpaired) electrons. The highest BCUT2D eigenvalue weighted by molar-refractivity contribution is 5.71. The number of allylic oxidation sites excluding steroid dienone is 2. The lowest BCUT2D eigenvalue weighted by Crippen LogP contribution is -2.30. The number of hydrogen-bond donors (Lipinski definition) is 0. The van der Waals surface area contributed by atoms with Gasteiger partial charge in [0.15, 0.2) is 6.10 Å². The Morgan fingerprint density at radius 1 is 0.302 bits per heavy atom. The van der Waals surface area contributed by atoms with Crippen molar-refractivity contribution in [3.05, 3.63) is 12.2 Å². The Kier molecular flexibility index (Phi) is 51.2. The molecule has 0 spiro atoms. The molecule has 1 atom stereocenters. The molecule has 0 aromatic rings. The molecule has 0 aromatic heterocycles. The topological polar surface area (TPSA) is 78.9 Å². The van der Waals surface area contributed by atoms with Gasteiger partial charge in [-0.1, -0.05) is 264 Å². The van der Waals surface area contributed by atoms with Crippen LogP contribution in [0.4, 0.5) is 0 Å². The Hall–Kier alpha value is -1.85. The molecule has 0 aliphatic rings. The third-order valence-electron chi connectivity index (χ3n) is 12.8. The Morgan fingerprint density at radius 3 is 0.810 bits per heavy atom. The van der Waals surface area contributed by atoms with E-state index in [4.69, 9.17) is 14.2 Å². The number of carbonyl (C=O) groups is 3. The molecular formula is C57H108O6. The van der Waals surface area contributed by atoms with E-state index in [2.05, 4.69) is 32.9 Å². The highest BCUT2D eigenvalue weighted by Crippen LogP contribution is 2.17. The van der Waals surface area contributed by atoms with Crippen LogP contribution in [0.1, 0.15) is 316 Å². The summed E-state index contributed by atoms with van der Waals surface area (Å²) in [6, 6.07) is 0. The van der Waals surface area contributed by atoms with E-state index in [0.29, 0.717) is 19.3 Å². The van der Waals surface area contributed by atoms with Gasteiger partial charge >= 0.3 is 17.9 Å². The minimum absolute atomic E-state index is 0.0653. The van der Waals surface area contributed by atoms with Gasteiger partial charge in [0.25, 0.3) is 0 Å². The van der Waals surface area contributed by atoms with Gasteiger partial charge in [-0.3, -0.25) is 14.4 Å². The van der Waals surface area contributed by atoms with Gasteiger partial charge in [-0.2, -0.15) is 0 Å². The zero-order valence-electron chi connectivity index (χ0n) is 42.6. The molecule has 0 aliphatic heterocycles. The van der Waals surface area contributed by atoms with Gasteiger partial charge < -0.3 is 14.2 Å². The van der Waals surface area contributed by atoms with E-state index in [1.54, 1.807) is 0 Å². The third-order valence-corrected chi connectivity index (χ3v) is 12.8. The van der Waals surface area contributed by atoms with E-state index in [1.165, 1.54) is 218 Å². The van der Waals surface area contributed by atoms with E-state index in [9.17, 15) is 14.4 Å². The van der Waals surface area contributed by atoms with Crippen LogP contribution in [0.15, 0.2) is 12.2 Å². The summed E-state index contributed by atoms with van der Waals surface area (Å²) in [5.41, 5.74) is 0. The first-order valence-electron chi connectivity index (χ1n) is 28.2. The van der Waals surface area contributed by atoms with Crippen LogP contribution in [-0.4, -0.2) is 37.2 Å². The van der Waals surface area contributed by atoms with Gasteiger partial charge in [0.1, 0.15) is 13.2 Å². The maximum Gasteiger partial charge on any atom is 0.306 e. The monoisotopic (exact) mass is 889 g/mol. The minimum atomic E-state index is -0.765. The summed E-state index contributed by atoms with van der Waals surface area (Å²) in [6.45, 7) is 6.68. The van der Waals surface area contributed by atoms with Crippen molar-refractivity contribution >= 4 is 17.9 Å². The molecule has 0 aliphatic carbocycles. The van der Waals surface area contributed by atoms with Gasteiger partial charge in [0.2, 0.25) is 0 Å². The number of esters is 3. The third kappa shape index (κ3) is 51.0. The average molecular weight is 889 g/mol. The molecule has 0 amide bonds. The first kappa shape index (κ1) is 61.1. The number of carbonyl (C=O) groups excluding carboxylic acids is 3. The van der Waals surface area contributed by atoms with Crippen LogP contribution in [0.3, 0.4) is 0 Å². The number of rotatable bonds is 52. The maximum absolute atomic E-state index is 12.8. The summed E-state index contributed by atoms with van der Waals surface area (Å²) in [4.78, 5) is 38.1. The summed E-state index contributed by atoms with van der Waals surface area (Å²) < 4.78 is 16.9. The van der Waals surface area contributed by atoms with Crippen molar-refractivity contribution in [1.29, 1.82) is 0 Å². The number of ether oxygens (including phenoxy) is 3. The first-order valence-corrected chi connectivity index (χ1v) is 28.2. The summed E-state index contributed by atoms with van der Waals surface area (Å²) in [5, 5.41) is 0. The van der Waals surface area contributed by atoms with Crippen LogP contribution in [0.5, 0.6) is 0 Å². The summed E-state index contributed by atoms with van der Waals surface area (Å²) in [7, 11) is 0. The standard InChI is InChI=1S/C57H108O6/c1-4-7-10-13-16-19-22-25-28-31-34-37-40-43-46-49-55(58)61-52-54(63-57(60)51-48-45-42-39-36-33-30-27-24-21-18-15-12-9-6-3)53-62-56(59)50-47-44-41-38-35-32-29-26-23-20-17-14-11-8-5-2/h19,22,54H,4-18,20-21,23-53H2,1-3H3. The van der Waals surface area contributed by atoms with Gasteiger partial charge in [-0.25, -0.2) is 0 Å². The zero-order chi connectivity index (χ0) is 45.8. The van der Waals surface area contributed by atoms with Crippen molar-refractivity contribution in [1.82, 2.24) is 0 Å². The van der Waals surface area contributed by atoms with Crippen LogP contribution in [0.25, 0.3) is 0 Å². The second-order valence-corrected chi connectivity index (χ2v) is 19.2. The van der Waals surface area contributed by atoms with Crippen LogP contribution in [0, 0.1) is 0 Å². The fourth-order valence-electron chi connectivity index (χ4n) is 8.50. The molecule has 6 heteroatoms. The van der Waals surface area contributed by atoms with E-state index < -0.39 is 6.10 Å². The molecular weight excluding hydrogens is 781 g/mol. The highest BCUT2D eigenvalue weighted by atomic mass is 16.6. The lowest BCUT2D eigenvalue weighted by Gasteiger charge is -2.18. The second kappa shape index (κ2) is 52.8. The molecule has 0 bridgehead atoms. The Morgan fingerprint density at radius 2 is 0.524 bits per heavy atom. The molecule has 0 saturated carbocycles. The quantitative estimate of drug-likeness (QED) is 0.0262. The number of unbranched alkanes of at least 4 members (excludes halogenated alkanes) is 39. The SMILES string of the molecule is CCCCCCC=CCCCCCCCCCC(=O)OCC(COC(=O)CCCCCCCCCCCCCCCCC)OC(=O)CCCCCCCCCCCCCCCCC. The van der Waals surface area contributed by atoms with Crippen molar-refractivity contribution in [3.63, 3.8) is 0 Å². The molecule has 0 saturated heterocycles. The van der Waals surface area contributed by atoms with Gasteiger partial charge in [-0.15, -0.1) is 0 Å². The van der Waals surface area contributed by atoms with Crippen molar-refractivity contribution in [3.8, 4) is 0 Å². The molecule has 0 N–H and O–H groups in total. The van der Waals surface area contributed by atoms with Crippen molar-refractivity contribution in [2.45, 2.75) is 322 Å². The fraction of sp³-hybridized carbons (Fsp3) is 0.912. The zero-order valence-corrected chi connectivity index (χ0v) is 42.6. The van der Waals surface area contributed by atoms with E-state index in [1.807, 2.05) is 0 Å². The summed E-state index contributed by atoms with van der Waals surface area (Å²) in [6.07, 6.45) is 59.1. The Labute approximate surface area is 392 Å². The molecule has 0 rings (SSSR count). The molecule has 0 fully saturated rings. The molecule has 372 valence electrons. The van der Waals surface area contributed by atoms with E-state index >= 15 is 0 Å². The largest absolute Gasteiger partial charge is 0.462 e. The predicted octanol–water partition coefficient (Wildman–Crippen LogP) is 18.5. The first-order chi connectivity index (χ1) is 31.0. The van der Waals surface area contributed by atoms with Gasteiger partial charge in [-0.05, 0) is 44.9 Å². The highest BCUT2D eigenvalue weighted by Gasteiger charge is 2.19. The lowest BCUT2D eigenvalue weighted by atomic mass is 10.0. The predicted molar refractivity (Wildman–Crippen MR) is 270 cm³/mol. The van der Waals surface area contributed by atoms with Crippen LogP contribution < -0.4 is 0 Å². The molecule has 0 aromatic carbocycles. The lowest BCUT2D eigenvalue weighted by molar-refractivity contribution is -0.167. The average Bonchev–Trinajstić information content (AvgIpc) is 3.28. The van der Waals surface area contributed by atoms with Gasteiger partial charge in [0.05, 0.1) is 0 Å². The van der Waals surface area contributed by atoms with Crippen LogP contribution >= 0.6 is 0 Å². The maximum atomic E-state index is 12.8. The molecule has 0 heterocycles.